The van der Waals surface area contributed by atoms with Crippen molar-refractivity contribution in [3.05, 3.63) is 34.3 Å². The Kier molecular flexibility index (Phi) is 3.23. The van der Waals surface area contributed by atoms with E-state index in [0.717, 1.165) is 16.1 Å². The van der Waals surface area contributed by atoms with E-state index in [0.29, 0.717) is 5.92 Å². The van der Waals surface area contributed by atoms with Crippen LogP contribution in [0.4, 0.5) is 0 Å². The van der Waals surface area contributed by atoms with Crippen molar-refractivity contribution in [1.82, 2.24) is 0 Å². The molecule has 1 rings (SSSR count). The number of aliphatic hydroxyl groups is 1. The van der Waals surface area contributed by atoms with E-state index >= 15 is 0 Å². The zero-order valence-corrected chi connectivity index (χ0v) is 9.89. The van der Waals surface area contributed by atoms with Crippen molar-refractivity contribution in [2.24, 2.45) is 0 Å². The average molecular weight is 213 g/mol. The number of hydrogen-bond donors (Lipinski definition) is 1. The molecule has 0 aliphatic carbocycles. The van der Waals surface area contributed by atoms with Crippen LogP contribution in [0.3, 0.4) is 0 Å². The first-order valence-corrected chi connectivity index (χ1v) is 5.22. The fourth-order valence-corrected chi connectivity index (χ4v) is 1.77. The highest BCUT2D eigenvalue weighted by atomic mass is 35.5. The average Bonchev–Trinajstić information content (AvgIpc) is 2.01. The molecule has 0 heterocycles. The van der Waals surface area contributed by atoms with Crippen LogP contribution in [0.5, 0.6) is 0 Å². The van der Waals surface area contributed by atoms with E-state index in [1.807, 2.05) is 18.2 Å². The molecule has 1 aromatic rings. The Bertz CT molecular complexity index is 324. The number of benzene rings is 1. The fourth-order valence-electron chi connectivity index (χ4n) is 1.38. The van der Waals surface area contributed by atoms with E-state index < -0.39 is 5.60 Å². The largest absolute Gasteiger partial charge is 0.386 e. The van der Waals surface area contributed by atoms with Crippen molar-refractivity contribution in [3.63, 3.8) is 0 Å². The third kappa shape index (κ3) is 2.49. The molecule has 0 fully saturated rings. The molecule has 0 aliphatic heterocycles. The van der Waals surface area contributed by atoms with E-state index in [1.165, 1.54) is 0 Å². The van der Waals surface area contributed by atoms with Gasteiger partial charge in [0.2, 0.25) is 0 Å². The normalized spacial score (nSPS) is 12.2. The number of halogens is 1. The molecule has 0 aromatic heterocycles. The second-order valence-corrected chi connectivity index (χ2v) is 4.86. The molecule has 0 unspecified atom stereocenters. The van der Waals surface area contributed by atoms with Gasteiger partial charge in [-0.15, -0.1) is 0 Å². The highest BCUT2D eigenvalue weighted by Crippen LogP contribution is 2.29. The van der Waals surface area contributed by atoms with Gasteiger partial charge in [-0.05, 0) is 37.0 Å². The van der Waals surface area contributed by atoms with Crippen molar-refractivity contribution < 1.29 is 5.11 Å². The van der Waals surface area contributed by atoms with Gasteiger partial charge < -0.3 is 5.11 Å². The number of hydrogen-bond acceptors (Lipinski definition) is 1. The lowest BCUT2D eigenvalue weighted by atomic mass is 9.94. The van der Waals surface area contributed by atoms with Gasteiger partial charge in [0, 0.05) is 5.02 Å². The van der Waals surface area contributed by atoms with Crippen molar-refractivity contribution in [2.45, 2.75) is 39.2 Å². The summed E-state index contributed by atoms with van der Waals surface area (Å²) >= 11 is 6.12. The van der Waals surface area contributed by atoms with Gasteiger partial charge in [0.05, 0.1) is 5.60 Å². The van der Waals surface area contributed by atoms with Crippen LogP contribution >= 0.6 is 11.6 Å². The maximum atomic E-state index is 9.78. The van der Waals surface area contributed by atoms with Crippen LogP contribution in [0.25, 0.3) is 0 Å². The summed E-state index contributed by atoms with van der Waals surface area (Å²) in [6.45, 7) is 7.72. The second kappa shape index (κ2) is 3.92. The topological polar surface area (TPSA) is 20.2 Å². The quantitative estimate of drug-likeness (QED) is 0.793. The third-order valence-electron chi connectivity index (χ3n) is 2.33. The number of rotatable bonds is 2. The van der Waals surface area contributed by atoms with Crippen molar-refractivity contribution >= 4 is 11.6 Å². The van der Waals surface area contributed by atoms with E-state index in [2.05, 4.69) is 13.8 Å². The summed E-state index contributed by atoms with van der Waals surface area (Å²) in [5.74, 6) is 0.415. The molecule has 2 heteroatoms. The monoisotopic (exact) mass is 212 g/mol. The van der Waals surface area contributed by atoms with Gasteiger partial charge in [-0.2, -0.15) is 0 Å². The standard InChI is InChI=1S/C12H17ClO/c1-8(2)10-6-5-9(7-11(10)13)12(3,4)14/h5-8,14H,1-4H3. The Morgan fingerprint density at radius 1 is 1.29 bits per heavy atom. The molecular weight excluding hydrogens is 196 g/mol. The maximum Gasteiger partial charge on any atom is 0.0841 e. The molecule has 0 radical (unpaired) electrons. The minimum atomic E-state index is -0.820. The fraction of sp³-hybridized carbons (Fsp3) is 0.500. The summed E-state index contributed by atoms with van der Waals surface area (Å²) in [6, 6.07) is 5.76. The highest BCUT2D eigenvalue weighted by molar-refractivity contribution is 6.31. The molecule has 14 heavy (non-hydrogen) atoms. The Hall–Kier alpha value is -0.530. The molecule has 0 atom stereocenters. The predicted molar refractivity (Wildman–Crippen MR) is 60.8 cm³/mol. The van der Waals surface area contributed by atoms with Gasteiger partial charge in [-0.1, -0.05) is 37.6 Å². The summed E-state index contributed by atoms with van der Waals surface area (Å²) in [7, 11) is 0. The molecule has 1 nitrogen and oxygen atoms in total. The summed E-state index contributed by atoms with van der Waals surface area (Å²) in [6.07, 6.45) is 0. The lowest BCUT2D eigenvalue weighted by molar-refractivity contribution is 0.0786. The molecule has 0 amide bonds. The van der Waals surface area contributed by atoms with Crippen LogP contribution in [-0.4, -0.2) is 5.11 Å². The van der Waals surface area contributed by atoms with Crippen LogP contribution in [-0.2, 0) is 5.60 Å². The first-order valence-electron chi connectivity index (χ1n) is 4.84. The molecule has 0 bridgehead atoms. The molecule has 1 aromatic carbocycles. The minimum absolute atomic E-state index is 0.415. The predicted octanol–water partition coefficient (Wildman–Crippen LogP) is 3.69. The van der Waals surface area contributed by atoms with Gasteiger partial charge >= 0.3 is 0 Å². The first-order chi connectivity index (χ1) is 6.32. The minimum Gasteiger partial charge on any atom is -0.386 e. The van der Waals surface area contributed by atoms with E-state index in [4.69, 9.17) is 11.6 Å². The lowest BCUT2D eigenvalue weighted by Crippen LogP contribution is -2.15. The van der Waals surface area contributed by atoms with E-state index in [9.17, 15) is 5.11 Å². The van der Waals surface area contributed by atoms with Crippen molar-refractivity contribution in [1.29, 1.82) is 0 Å². The van der Waals surface area contributed by atoms with Gasteiger partial charge in [0.1, 0.15) is 0 Å². The lowest BCUT2D eigenvalue weighted by Gasteiger charge is -2.19. The van der Waals surface area contributed by atoms with Crippen LogP contribution in [0.1, 0.15) is 44.7 Å². The van der Waals surface area contributed by atoms with Gasteiger partial charge in [-0.3, -0.25) is 0 Å². The second-order valence-electron chi connectivity index (χ2n) is 4.45. The third-order valence-corrected chi connectivity index (χ3v) is 2.66. The summed E-state index contributed by atoms with van der Waals surface area (Å²) in [5.41, 5.74) is 1.16. The zero-order chi connectivity index (χ0) is 10.9. The van der Waals surface area contributed by atoms with Crippen LogP contribution in [0.2, 0.25) is 5.02 Å². The Balaban J connectivity index is 3.13. The Morgan fingerprint density at radius 2 is 1.86 bits per heavy atom. The van der Waals surface area contributed by atoms with Crippen LogP contribution < -0.4 is 0 Å². The molecule has 0 spiro atoms. The molecular formula is C12H17ClO. The van der Waals surface area contributed by atoms with Gasteiger partial charge in [-0.25, -0.2) is 0 Å². The van der Waals surface area contributed by atoms with Gasteiger partial charge in [0.15, 0.2) is 0 Å². The SMILES string of the molecule is CC(C)c1ccc(C(C)(C)O)cc1Cl. The van der Waals surface area contributed by atoms with Crippen molar-refractivity contribution in [2.75, 3.05) is 0 Å². The summed E-state index contributed by atoms with van der Waals surface area (Å²) in [4.78, 5) is 0. The molecule has 0 saturated heterocycles. The van der Waals surface area contributed by atoms with E-state index in [-0.39, 0.29) is 0 Å². The van der Waals surface area contributed by atoms with Gasteiger partial charge in [0.25, 0.3) is 0 Å². The molecule has 0 aliphatic rings. The smallest absolute Gasteiger partial charge is 0.0841 e. The highest BCUT2D eigenvalue weighted by Gasteiger charge is 2.17. The summed E-state index contributed by atoms with van der Waals surface area (Å²) in [5, 5.41) is 10.5. The Labute approximate surface area is 90.7 Å². The van der Waals surface area contributed by atoms with Crippen LogP contribution in [0, 0.1) is 0 Å². The van der Waals surface area contributed by atoms with E-state index in [1.54, 1.807) is 13.8 Å². The first kappa shape index (κ1) is 11.5. The molecule has 1 N–H and O–H groups in total. The van der Waals surface area contributed by atoms with Crippen LogP contribution in [0.15, 0.2) is 18.2 Å². The molecule has 78 valence electrons. The zero-order valence-electron chi connectivity index (χ0n) is 9.13. The maximum absolute atomic E-state index is 9.78. The molecule has 0 saturated carbocycles. The van der Waals surface area contributed by atoms with Crippen molar-refractivity contribution in [3.8, 4) is 0 Å². The summed E-state index contributed by atoms with van der Waals surface area (Å²) < 4.78 is 0. The Morgan fingerprint density at radius 3 is 2.21 bits per heavy atom.